The van der Waals surface area contributed by atoms with Crippen molar-refractivity contribution in [3.05, 3.63) is 54.1 Å². The summed E-state index contributed by atoms with van der Waals surface area (Å²) in [6.45, 7) is 6.95. The highest BCUT2D eigenvalue weighted by Gasteiger charge is 2.35. The van der Waals surface area contributed by atoms with Crippen molar-refractivity contribution in [1.82, 2.24) is 5.32 Å². The largest absolute Gasteiger partial charge is 0.484 e. The Hall–Kier alpha value is -3.35. The zero-order valence-electron chi connectivity index (χ0n) is 18.9. The molecule has 32 heavy (non-hydrogen) atoms. The van der Waals surface area contributed by atoms with Crippen LogP contribution in [0.2, 0.25) is 0 Å². The predicted octanol–water partition coefficient (Wildman–Crippen LogP) is 3.39. The molecule has 1 aliphatic heterocycles. The number of hydrogen-bond donors (Lipinski definition) is 2. The highest BCUT2D eigenvalue weighted by Crippen LogP contribution is 2.27. The Labute approximate surface area is 189 Å². The van der Waals surface area contributed by atoms with Gasteiger partial charge in [-0.3, -0.25) is 14.4 Å². The summed E-state index contributed by atoms with van der Waals surface area (Å²) in [5, 5.41) is 5.77. The first-order valence-electron chi connectivity index (χ1n) is 11.1. The van der Waals surface area contributed by atoms with Gasteiger partial charge in [0, 0.05) is 30.9 Å². The first-order valence-corrected chi connectivity index (χ1v) is 11.1. The number of carbonyl (C=O) groups is 3. The maximum absolute atomic E-state index is 12.4. The Morgan fingerprint density at radius 1 is 1.12 bits per heavy atom. The van der Waals surface area contributed by atoms with E-state index < -0.39 is 0 Å². The van der Waals surface area contributed by atoms with Crippen LogP contribution in [0.3, 0.4) is 0 Å². The number of carbonyl (C=O) groups excluding carboxylic acids is 3. The van der Waals surface area contributed by atoms with Crippen molar-refractivity contribution < 1.29 is 19.1 Å². The van der Waals surface area contributed by atoms with Crippen LogP contribution in [-0.2, 0) is 20.8 Å². The van der Waals surface area contributed by atoms with Crippen molar-refractivity contribution in [2.75, 3.05) is 29.9 Å². The molecule has 3 rings (SSSR count). The molecule has 0 bridgehead atoms. The third-order valence-corrected chi connectivity index (χ3v) is 5.37. The van der Waals surface area contributed by atoms with E-state index in [2.05, 4.69) is 10.6 Å². The summed E-state index contributed by atoms with van der Waals surface area (Å²) in [7, 11) is 0. The molecule has 1 aliphatic rings. The van der Waals surface area contributed by atoms with E-state index in [1.165, 1.54) is 0 Å². The molecule has 0 aliphatic carbocycles. The fourth-order valence-electron chi connectivity index (χ4n) is 3.59. The molecule has 3 amide bonds. The van der Waals surface area contributed by atoms with Gasteiger partial charge in [0.25, 0.3) is 5.91 Å². The number of rotatable bonds is 9. The minimum atomic E-state index is -0.341. The number of amides is 3. The molecule has 2 N–H and O–H groups in total. The second-order valence-electron chi connectivity index (χ2n) is 8.39. The molecule has 0 unspecified atom stereocenters. The molecule has 2 aromatic rings. The van der Waals surface area contributed by atoms with E-state index >= 15 is 0 Å². The van der Waals surface area contributed by atoms with Crippen molar-refractivity contribution in [1.29, 1.82) is 0 Å². The fourth-order valence-corrected chi connectivity index (χ4v) is 3.59. The monoisotopic (exact) mass is 437 g/mol. The lowest BCUT2D eigenvalue weighted by molar-refractivity contribution is -0.126. The standard InChI is InChI=1S/C25H31N3O4/c1-4-18-7-5-6-8-22(18)27-23(29)16-32-21-11-9-20(10-12-21)28-15-19(13-24(28)30)25(31)26-14-17(2)3/h5-12,17,19H,4,13-16H2,1-3H3,(H,26,31)(H,27,29)/t19-/m0/s1. The normalized spacial score (nSPS) is 15.7. The van der Waals surface area contributed by atoms with E-state index in [1.54, 1.807) is 29.2 Å². The van der Waals surface area contributed by atoms with Crippen molar-refractivity contribution in [3.63, 3.8) is 0 Å². The third kappa shape index (κ3) is 6.09. The molecule has 1 fully saturated rings. The molecule has 0 spiro atoms. The minimum Gasteiger partial charge on any atom is -0.484 e. The Morgan fingerprint density at radius 2 is 1.84 bits per heavy atom. The van der Waals surface area contributed by atoms with Crippen LogP contribution >= 0.6 is 0 Å². The molecule has 1 heterocycles. The molecule has 0 aromatic heterocycles. The van der Waals surface area contributed by atoms with Crippen LogP contribution in [0.5, 0.6) is 5.75 Å². The van der Waals surface area contributed by atoms with Crippen LogP contribution in [0.25, 0.3) is 0 Å². The number of aryl methyl sites for hydroxylation is 1. The molecular formula is C25H31N3O4. The van der Waals surface area contributed by atoms with Crippen LogP contribution in [-0.4, -0.2) is 37.4 Å². The Kier molecular flexibility index (Phi) is 7.87. The summed E-state index contributed by atoms with van der Waals surface area (Å²) >= 11 is 0. The van der Waals surface area contributed by atoms with E-state index in [0.29, 0.717) is 30.4 Å². The summed E-state index contributed by atoms with van der Waals surface area (Å²) < 4.78 is 5.59. The Balaban J connectivity index is 1.52. The summed E-state index contributed by atoms with van der Waals surface area (Å²) in [6, 6.07) is 14.7. The molecule has 2 aromatic carbocycles. The van der Waals surface area contributed by atoms with E-state index in [-0.39, 0.29) is 36.7 Å². The average Bonchev–Trinajstić information content (AvgIpc) is 3.18. The smallest absolute Gasteiger partial charge is 0.262 e. The highest BCUT2D eigenvalue weighted by molar-refractivity contribution is 6.00. The highest BCUT2D eigenvalue weighted by atomic mass is 16.5. The number of nitrogens with zero attached hydrogens (tertiary/aromatic N) is 1. The molecule has 7 nitrogen and oxygen atoms in total. The van der Waals surface area contributed by atoms with Gasteiger partial charge in [0.05, 0.1) is 5.92 Å². The maximum Gasteiger partial charge on any atom is 0.262 e. The van der Waals surface area contributed by atoms with Crippen LogP contribution in [0.4, 0.5) is 11.4 Å². The van der Waals surface area contributed by atoms with E-state index in [1.807, 2.05) is 45.0 Å². The minimum absolute atomic E-state index is 0.0719. The van der Waals surface area contributed by atoms with E-state index in [4.69, 9.17) is 4.74 Å². The Bertz CT molecular complexity index is 956. The Morgan fingerprint density at radius 3 is 2.53 bits per heavy atom. The summed E-state index contributed by atoms with van der Waals surface area (Å²) in [4.78, 5) is 38.6. The van der Waals surface area contributed by atoms with Gasteiger partial charge < -0.3 is 20.3 Å². The second kappa shape index (κ2) is 10.8. The SMILES string of the molecule is CCc1ccccc1NC(=O)COc1ccc(N2C[C@@H](C(=O)NCC(C)C)CC2=O)cc1. The van der Waals surface area contributed by atoms with Gasteiger partial charge >= 0.3 is 0 Å². The van der Waals surface area contributed by atoms with Gasteiger partial charge in [-0.25, -0.2) is 0 Å². The van der Waals surface area contributed by atoms with Crippen molar-refractivity contribution >= 4 is 29.1 Å². The first kappa shape index (κ1) is 23.3. The number of anilines is 2. The number of ether oxygens (including phenoxy) is 1. The van der Waals surface area contributed by atoms with Crippen molar-refractivity contribution in [2.45, 2.75) is 33.6 Å². The number of para-hydroxylation sites is 1. The summed E-state index contributed by atoms with van der Waals surface area (Å²) in [5.74, 6) is 0.169. The first-order chi connectivity index (χ1) is 15.4. The van der Waals surface area contributed by atoms with Crippen LogP contribution in [0.1, 0.15) is 32.8 Å². The van der Waals surface area contributed by atoms with Gasteiger partial charge in [0.1, 0.15) is 5.75 Å². The third-order valence-electron chi connectivity index (χ3n) is 5.37. The topological polar surface area (TPSA) is 87.7 Å². The summed E-state index contributed by atoms with van der Waals surface area (Å²) in [5.41, 5.74) is 2.57. The van der Waals surface area contributed by atoms with Crippen molar-refractivity contribution in [3.8, 4) is 5.75 Å². The lowest BCUT2D eigenvalue weighted by atomic mass is 10.1. The molecule has 1 saturated heterocycles. The number of benzene rings is 2. The van der Waals surface area contributed by atoms with Gasteiger partial charge in [0.2, 0.25) is 11.8 Å². The lowest BCUT2D eigenvalue weighted by Gasteiger charge is -2.17. The molecule has 0 saturated carbocycles. The number of nitrogens with one attached hydrogen (secondary N) is 2. The second-order valence-corrected chi connectivity index (χ2v) is 8.39. The molecule has 7 heteroatoms. The molecular weight excluding hydrogens is 406 g/mol. The fraction of sp³-hybridized carbons (Fsp3) is 0.400. The zero-order chi connectivity index (χ0) is 23.1. The van der Waals surface area contributed by atoms with Gasteiger partial charge in [-0.15, -0.1) is 0 Å². The van der Waals surface area contributed by atoms with Gasteiger partial charge in [-0.1, -0.05) is 39.0 Å². The van der Waals surface area contributed by atoms with Gasteiger partial charge in [-0.05, 0) is 48.2 Å². The zero-order valence-corrected chi connectivity index (χ0v) is 18.9. The quantitative estimate of drug-likeness (QED) is 0.630. The van der Waals surface area contributed by atoms with Crippen molar-refractivity contribution in [2.24, 2.45) is 11.8 Å². The van der Waals surface area contributed by atoms with Gasteiger partial charge in [-0.2, -0.15) is 0 Å². The van der Waals surface area contributed by atoms with Crippen LogP contribution in [0, 0.1) is 11.8 Å². The molecule has 170 valence electrons. The lowest BCUT2D eigenvalue weighted by Crippen LogP contribution is -2.35. The van der Waals surface area contributed by atoms with Gasteiger partial charge in [0.15, 0.2) is 6.61 Å². The van der Waals surface area contributed by atoms with E-state index in [0.717, 1.165) is 17.7 Å². The van der Waals surface area contributed by atoms with E-state index in [9.17, 15) is 14.4 Å². The summed E-state index contributed by atoms with van der Waals surface area (Å²) in [6.07, 6.45) is 1.04. The van der Waals surface area contributed by atoms with Crippen LogP contribution in [0.15, 0.2) is 48.5 Å². The average molecular weight is 438 g/mol. The maximum atomic E-state index is 12.4. The molecule has 1 atom stereocenters. The van der Waals surface area contributed by atoms with Crippen LogP contribution < -0.4 is 20.3 Å². The number of hydrogen-bond acceptors (Lipinski definition) is 4. The molecule has 0 radical (unpaired) electrons. The predicted molar refractivity (Wildman–Crippen MR) is 125 cm³/mol.